The number of nitrogens with zero attached hydrogens (tertiary/aromatic N) is 2. The highest BCUT2D eigenvalue weighted by Crippen LogP contribution is 2.18. The standard InChI is InChI=1S/C11H10N4/c12-5-7-1-2-8-4-9(6-13)11(14)15-10(8)3-7/h1-4H,5,12H2,(H2,14,15). The van der Waals surface area contributed by atoms with Crippen molar-refractivity contribution in [2.45, 2.75) is 6.54 Å². The zero-order valence-corrected chi connectivity index (χ0v) is 8.07. The minimum Gasteiger partial charge on any atom is -0.383 e. The lowest BCUT2D eigenvalue weighted by molar-refractivity contribution is 1.07. The molecule has 0 bridgehead atoms. The molecule has 2 rings (SSSR count). The van der Waals surface area contributed by atoms with E-state index in [1.165, 1.54) is 0 Å². The quantitative estimate of drug-likeness (QED) is 0.719. The molecule has 1 heterocycles. The molecule has 0 aliphatic rings. The van der Waals surface area contributed by atoms with Crippen LogP contribution in [0.2, 0.25) is 0 Å². The van der Waals surface area contributed by atoms with E-state index in [2.05, 4.69) is 4.98 Å². The zero-order valence-electron chi connectivity index (χ0n) is 8.07. The first-order valence-electron chi connectivity index (χ1n) is 4.54. The molecule has 0 aliphatic heterocycles. The van der Waals surface area contributed by atoms with Crippen molar-refractivity contribution in [2.24, 2.45) is 5.73 Å². The van der Waals surface area contributed by atoms with E-state index in [1.807, 2.05) is 24.3 Å². The lowest BCUT2D eigenvalue weighted by Gasteiger charge is -2.03. The van der Waals surface area contributed by atoms with Crippen molar-refractivity contribution in [3.8, 4) is 6.07 Å². The summed E-state index contributed by atoms with van der Waals surface area (Å²) in [5, 5.41) is 9.69. The van der Waals surface area contributed by atoms with E-state index >= 15 is 0 Å². The molecule has 74 valence electrons. The summed E-state index contributed by atoms with van der Waals surface area (Å²) in [5.74, 6) is 0.263. The van der Waals surface area contributed by atoms with E-state index in [0.29, 0.717) is 12.1 Å². The van der Waals surface area contributed by atoms with Gasteiger partial charge in [-0.3, -0.25) is 0 Å². The lowest BCUT2D eigenvalue weighted by Crippen LogP contribution is -1.98. The Labute approximate surface area is 87.1 Å². The van der Waals surface area contributed by atoms with Gasteiger partial charge in [0.1, 0.15) is 11.9 Å². The van der Waals surface area contributed by atoms with Crippen molar-refractivity contribution in [2.75, 3.05) is 5.73 Å². The highest BCUT2D eigenvalue weighted by molar-refractivity contribution is 5.83. The third-order valence-corrected chi connectivity index (χ3v) is 2.27. The van der Waals surface area contributed by atoms with Crippen molar-refractivity contribution in [3.63, 3.8) is 0 Å². The minimum absolute atomic E-state index is 0.263. The summed E-state index contributed by atoms with van der Waals surface area (Å²) in [7, 11) is 0. The smallest absolute Gasteiger partial charge is 0.142 e. The predicted octanol–water partition coefficient (Wildman–Crippen LogP) is 1.15. The van der Waals surface area contributed by atoms with Gasteiger partial charge in [0.25, 0.3) is 0 Å². The maximum Gasteiger partial charge on any atom is 0.142 e. The average molecular weight is 198 g/mol. The normalized spacial score (nSPS) is 10.1. The molecular formula is C11H10N4. The van der Waals surface area contributed by atoms with Crippen LogP contribution in [-0.2, 0) is 6.54 Å². The summed E-state index contributed by atoms with van der Waals surface area (Å²) in [6.07, 6.45) is 0. The monoisotopic (exact) mass is 198 g/mol. The third kappa shape index (κ3) is 1.60. The van der Waals surface area contributed by atoms with Crippen LogP contribution in [0.25, 0.3) is 10.9 Å². The molecule has 0 unspecified atom stereocenters. The third-order valence-electron chi connectivity index (χ3n) is 2.27. The van der Waals surface area contributed by atoms with E-state index in [4.69, 9.17) is 16.7 Å². The fourth-order valence-electron chi connectivity index (χ4n) is 1.44. The number of benzene rings is 1. The number of rotatable bonds is 1. The second-order valence-corrected chi connectivity index (χ2v) is 3.26. The van der Waals surface area contributed by atoms with Gasteiger partial charge < -0.3 is 11.5 Å². The Bertz CT molecular complexity index is 554. The van der Waals surface area contributed by atoms with Crippen molar-refractivity contribution in [3.05, 3.63) is 35.4 Å². The Morgan fingerprint density at radius 1 is 1.33 bits per heavy atom. The molecule has 0 fully saturated rings. The molecule has 2 aromatic rings. The van der Waals surface area contributed by atoms with Crippen LogP contribution in [0.15, 0.2) is 24.3 Å². The van der Waals surface area contributed by atoms with Crippen molar-refractivity contribution < 1.29 is 0 Å². The van der Waals surface area contributed by atoms with E-state index < -0.39 is 0 Å². The van der Waals surface area contributed by atoms with Crippen LogP contribution in [0.1, 0.15) is 11.1 Å². The lowest BCUT2D eigenvalue weighted by atomic mass is 10.1. The molecule has 0 atom stereocenters. The van der Waals surface area contributed by atoms with Crippen molar-refractivity contribution in [1.29, 1.82) is 5.26 Å². The molecule has 4 N–H and O–H groups in total. The first kappa shape index (κ1) is 9.44. The van der Waals surface area contributed by atoms with Gasteiger partial charge in [-0.05, 0) is 17.7 Å². The van der Waals surface area contributed by atoms with Crippen LogP contribution < -0.4 is 11.5 Å². The average Bonchev–Trinajstić information content (AvgIpc) is 2.27. The van der Waals surface area contributed by atoms with Crippen LogP contribution >= 0.6 is 0 Å². The Morgan fingerprint density at radius 3 is 2.80 bits per heavy atom. The Kier molecular flexibility index (Phi) is 2.24. The maximum absolute atomic E-state index is 8.79. The number of aromatic nitrogens is 1. The molecule has 1 aromatic carbocycles. The van der Waals surface area contributed by atoms with Crippen LogP contribution in [0.5, 0.6) is 0 Å². The first-order valence-corrected chi connectivity index (χ1v) is 4.54. The van der Waals surface area contributed by atoms with Crippen LogP contribution in [0.4, 0.5) is 5.82 Å². The summed E-state index contributed by atoms with van der Waals surface area (Å²) >= 11 is 0. The summed E-state index contributed by atoms with van der Waals surface area (Å²) in [5.41, 5.74) is 13.3. The number of anilines is 1. The van der Waals surface area contributed by atoms with Crippen molar-refractivity contribution in [1.82, 2.24) is 4.98 Å². The minimum atomic E-state index is 0.263. The highest BCUT2D eigenvalue weighted by atomic mass is 14.8. The van der Waals surface area contributed by atoms with Gasteiger partial charge in [0.15, 0.2) is 0 Å². The molecule has 4 nitrogen and oxygen atoms in total. The number of hydrogen-bond acceptors (Lipinski definition) is 4. The molecule has 0 saturated carbocycles. The van der Waals surface area contributed by atoms with E-state index in [9.17, 15) is 0 Å². The second kappa shape index (κ2) is 3.56. The van der Waals surface area contributed by atoms with Gasteiger partial charge >= 0.3 is 0 Å². The van der Waals surface area contributed by atoms with Gasteiger partial charge in [0, 0.05) is 11.9 Å². The van der Waals surface area contributed by atoms with E-state index in [1.54, 1.807) is 6.07 Å². The van der Waals surface area contributed by atoms with Gasteiger partial charge in [-0.25, -0.2) is 4.98 Å². The van der Waals surface area contributed by atoms with Gasteiger partial charge in [0.05, 0.1) is 11.1 Å². The first-order chi connectivity index (χ1) is 7.24. The van der Waals surface area contributed by atoms with Gasteiger partial charge in [-0.1, -0.05) is 12.1 Å². The fraction of sp³-hybridized carbons (Fsp3) is 0.0909. The number of pyridine rings is 1. The molecule has 1 aromatic heterocycles. The molecule has 4 heteroatoms. The molecule has 0 radical (unpaired) electrons. The Hall–Kier alpha value is -2.12. The number of hydrogen-bond donors (Lipinski definition) is 2. The van der Waals surface area contributed by atoms with Gasteiger partial charge in [-0.15, -0.1) is 0 Å². The molecule has 0 saturated heterocycles. The zero-order chi connectivity index (χ0) is 10.8. The molecular weight excluding hydrogens is 188 g/mol. The summed E-state index contributed by atoms with van der Waals surface area (Å²) < 4.78 is 0. The fourth-order valence-corrected chi connectivity index (χ4v) is 1.44. The summed E-state index contributed by atoms with van der Waals surface area (Å²) in [6.45, 7) is 0.470. The van der Waals surface area contributed by atoms with E-state index in [0.717, 1.165) is 16.5 Å². The molecule has 15 heavy (non-hydrogen) atoms. The van der Waals surface area contributed by atoms with Crippen LogP contribution in [0, 0.1) is 11.3 Å². The van der Waals surface area contributed by atoms with Gasteiger partial charge in [-0.2, -0.15) is 5.26 Å². The molecule has 0 aliphatic carbocycles. The number of nitriles is 1. The SMILES string of the molecule is N#Cc1cc2ccc(CN)cc2nc1N. The number of nitrogens with two attached hydrogens (primary N) is 2. The van der Waals surface area contributed by atoms with Crippen LogP contribution in [0.3, 0.4) is 0 Å². The number of nitrogen functional groups attached to an aromatic ring is 1. The molecule has 0 spiro atoms. The summed E-state index contributed by atoms with van der Waals surface area (Å²) in [4.78, 5) is 4.15. The topological polar surface area (TPSA) is 88.7 Å². The summed E-state index contributed by atoms with van der Waals surface area (Å²) in [6, 6.07) is 9.43. The van der Waals surface area contributed by atoms with E-state index in [-0.39, 0.29) is 5.82 Å². The Morgan fingerprint density at radius 2 is 2.13 bits per heavy atom. The number of fused-ring (bicyclic) bond motifs is 1. The largest absolute Gasteiger partial charge is 0.383 e. The Balaban J connectivity index is 2.71. The van der Waals surface area contributed by atoms with Crippen molar-refractivity contribution >= 4 is 16.7 Å². The predicted molar refractivity (Wildman–Crippen MR) is 58.8 cm³/mol. The second-order valence-electron chi connectivity index (χ2n) is 3.26. The highest BCUT2D eigenvalue weighted by Gasteiger charge is 2.03. The molecule has 0 amide bonds. The maximum atomic E-state index is 8.79. The van der Waals surface area contributed by atoms with Crippen LogP contribution in [-0.4, -0.2) is 4.98 Å². The van der Waals surface area contributed by atoms with Gasteiger partial charge in [0.2, 0.25) is 0 Å².